The molecule has 0 rings (SSSR count). The standard InChI is InChI=1S/C36H70O4.C18H34O4/c1-3-5-7-9-11-13-15-17-19-21-23-25-27-29-31-33-35(37)39-40-36(38)34-32-30-28-26-24-22-20-18-16-14-12-10-8-6-4-2;1-13(11-17(3,4)5)9-15(19)21-22-16(20)10-14(2)12-18(6,7)8/h3-34H2,1-2H3;13-14H,9-12H2,1-8H3. The molecule has 0 amide bonds. The Bertz CT molecular complexity index is 960. The Hall–Kier alpha value is -2.12. The maximum absolute atomic E-state index is 11.8. The largest absolute Gasteiger partial charge is 0.355 e. The average molecular weight is 881 g/mol. The van der Waals surface area contributed by atoms with E-state index in [2.05, 4.69) is 65.2 Å². The third kappa shape index (κ3) is 52.2. The van der Waals surface area contributed by atoms with Crippen LogP contribution in [0.4, 0.5) is 0 Å². The normalized spacial score (nSPS) is 12.5. The quantitative estimate of drug-likeness (QED) is 0.0343. The topological polar surface area (TPSA) is 105 Å². The van der Waals surface area contributed by atoms with E-state index in [-0.39, 0.29) is 35.5 Å². The lowest BCUT2D eigenvalue weighted by Crippen LogP contribution is -2.19. The maximum atomic E-state index is 11.8. The molecule has 0 fully saturated rings. The highest BCUT2D eigenvalue weighted by atomic mass is 17.2. The fourth-order valence-electron chi connectivity index (χ4n) is 8.42. The minimum absolute atomic E-state index is 0.165. The van der Waals surface area contributed by atoms with Crippen molar-refractivity contribution in [3.63, 3.8) is 0 Å². The summed E-state index contributed by atoms with van der Waals surface area (Å²) in [5.41, 5.74) is 0.331. The Morgan fingerprint density at radius 1 is 0.323 bits per heavy atom. The molecule has 0 saturated heterocycles. The molecule has 0 aliphatic carbocycles. The fraction of sp³-hybridized carbons (Fsp3) is 0.926. The average Bonchev–Trinajstić information content (AvgIpc) is 3.18. The molecule has 0 aliphatic rings. The van der Waals surface area contributed by atoms with Gasteiger partial charge in [0.2, 0.25) is 0 Å². The first-order valence-electron chi connectivity index (χ1n) is 26.3. The third-order valence-electron chi connectivity index (χ3n) is 11.4. The van der Waals surface area contributed by atoms with E-state index in [0.717, 1.165) is 38.5 Å². The molecule has 0 spiro atoms. The first-order valence-corrected chi connectivity index (χ1v) is 26.3. The molecule has 0 heterocycles. The van der Waals surface area contributed by atoms with Crippen LogP contribution in [0, 0.1) is 22.7 Å². The zero-order valence-electron chi connectivity index (χ0n) is 42.9. The predicted octanol–water partition coefficient (Wildman–Crippen LogP) is 17.4. The van der Waals surface area contributed by atoms with E-state index in [4.69, 9.17) is 9.78 Å². The van der Waals surface area contributed by atoms with Gasteiger partial charge in [-0.2, -0.15) is 0 Å². The minimum Gasteiger partial charge on any atom is -0.247 e. The van der Waals surface area contributed by atoms with E-state index in [1.807, 2.05) is 13.8 Å². The molecule has 0 aromatic heterocycles. The summed E-state index contributed by atoms with van der Waals surface area (Å²) in [6, 6.07) is 0. The van der Waals surface area contributed by atoms with Crippen LogP contribution in [0.5, 0.6) is 0 Å². The van der Waals surface area contributed by atoms with Crippen LogP contribution >= 0.6 is 0 Å². The van der Waals surface area contributed by atoms with Crippen LogP contribution in [0.25, 0.3) is 0 Å². The molecule has 62 heavy (non-hydrogen) atoms. The van der Waals surface area contributed by atoms with Crippen LogP contribution in [0.3, 0.4) is 0 Å². The van der Waals surface area contributed by atoms with Crippen LogP contribution in [0.2, 0.25) is 0 Å². The summed E-state index contributed by atoms with van der Waals surface area (Å²) in [5.74, 6) is -1.39. The summed E-state index contributed by atoms with van der Waals surface area (Å²) in [6.45, 7) is 21.3. The molecule has 368 valence electrons. The van der Waals surface area contributed by atoms with Crippen molar-refractivity contribution in [3.8, 4) is 0 Å². The van der Waals surface area contributed by atoms with Gasteiger partial charge in [0.1, 0.15) is 0 Å². The molecule has 0 saturated carbocycles. The molecule has 2 unspecified atom stereocenters. The van der Waals surface area contributed by atoms with Crippen LogP contribution < -0.4 is 0 Å². The molecule has 0 aromatic rings. The summed E-state index contributed by atoms with van der Waals surface area (Å²) < 4.78 is 0. The van der Waals surface area contributed by atoms with Crippen molar-refractivity contribution < 1.29 is 38.7 Å². The Labute approximate surface area is 384 Å². The van der Waals surface area contributed by atoms with Gasteiger partial charge in [-0.15, -0.1) is 0 Å². The van der Waals surface area contributed by atoms with Crippen LogP contribution in [-0.2, 0) is 38.7 Å². The Morgan fingerprint density at radius 2 is 0.516 bits per heavy atom. The second-order valence-corrected chi connectivity index (χ2v) is 21.4. The molecule has 8 heteroatoms. The lowest BCUT2D eigenvalue weighted by Gasteiger charge is -2.22. The van der Waals surface area contributed by atoms with Crippen molar-refractivity contribution in [2.75, 3.05) is 0 Å². The van der Waals surface area contributed by atoms with Crippen molar-refractivity contribution in [2.45, 2.75) is 300 Å². The number of carbonyl (C=O) groups is 4. The summed E-state index contributed by atoms with van der Waals surface area (Å²) >= 11 is 0. The molecule has 0 bridgehead atoms. The van der Waals surface area contributed by atoms with E-state index in [1.165, 1.54) is 167 Å². The second-order valence-electron chi connectivity index (χ2n) is 21.4. The van der Waals surface area contributed by atoms with E-state index in [1.54, 1.807) is 0 Å². The highest BCUT2D eigenvalue weighted by Crippen LogP contribution is 2.27. The van der Waals surface area contributed by atoms with Gasteiger partial charge in [-0.25, -0.2) is 38.7 Å². The van der Waals surface area contributed by atoms with Gasteiger partial charge in [-0.3, -0.25) is 0 Å². The van der Waals surface area contributed by atoms with Crippen molar-refractivity contribution in [2.24, 2.45) is 22.7 Å². The van der Waals surface area contributed by atoms with Crippen molar-refractivity contribution >= 4 is 23.9 Å². The Morgan fingerprint density at radius 3 is 0.726 bits per heavy atom. The summed E-state index contributed by atoms with van der Waals surface area (Å²) in [5, 5.41) is 0. The molecule has 0 aromatic carbocycles. The minimum atomic E-state index is -0.478. The fourth-order valence-corrected chi connectivity index (χ4v) is 8.42. The van der Waals surface area contributed by atoms with Gasteiger partial charge in [0.05, 0.1) is 25.7 Å². The molecule has 0 radical (unpaired) electrons. The molecule has 0 N–H and O–H groups in total. The molecular weight excluding hydrogens is 777 g/mol. The zero-order chi connectivity index (χ0) is 46.7. The molecular formula is C54H104O8. The highest BCUT2D eigenvalue weighted by molar-refractivity contribution is 5.73. The number of hydrogen-bond acceptors (Lipinski definition) is 8. The van der Waals surface area contributed by atoms with Gasteiger partial charge in [0.25, 0.3) is 0 Å². The van der Waals surface area contributed by atoms with Crippen LogP contribution in [0.1, 0.15) is 300 Å². The lowest BCUT2D eigenvalue weighted by atomic mass is 9.84. The first kappa shape index (κ1) is 62.0. The van der Waals surface area contributed by atoms with E-state index in [0.29, 0.717) is 12.8 Å². The van der Waals surface area contributed by atoms with E-state index >= 15 is 0 Å². The van der Waals surface area contributed by atoms with E-state index in [9.17, 15) is 19.2 Å². The van der Waals surface area contributed by atoms with Crippen molar-refractivity contribution in [3.05, 3.63) is 0 Å². The summed E-state index contributed by atoms with van der Waals surface area (Å²) in [6.07, 6.45) is 42.0. The van der Waals surface area contributed by atoms with E-state index < -0.39 is 23.9 Å². The summed E-state index contributed by atoms with van der Waals surface area (Å²) in [4.78, 5) is 65.6. The Kier molecular flexibility index (Phi) is 42.8. The maximum Gasteiger partial charge on any atom is 0.355 e. The second kappa shape index (κ2) is 42.8. The summed E-state index contributed by atoms with van der Waals surface area (Å²) in [7, 11) is 0. The van der Waals surface area contributed by atoms with Gasteiger partial charge in [0, 0.05) is 0 Å². The lowest BCUT2D eigenvalue weighted by molar-refractivity contribution is -0.260. The van der Waals surface area contributed by atoms with Crippen LogP contribution in [0.15, 0.2) is 0 Å². The van der Waals surface area contributed by atoms with Gasteiger partial charge in [0.15, 0.2) is 0 Å². The number of rotatable bonds is 38. The monoisotopic (exact) mass is 881 g/mol. The molecule has 2 atom stereocenters. The first-order chi connectivity index (χ1) is 29.5. The smallest absolute Gasteiger partial charge is 0.247 e. The van der Waals surface area contributed by atoms with Crippen molar-refractivity contribution in [1.29, 1.82) is 0 Å². The Balaban J connectivity index is 0. The highest BCUT2D eigenvalue weighted by Gasteiger charge is 2.22. The molecule has 8 nitrogen and oxygen atoms in total. The van der Waals surface area contributed by atoms with Gasteiger partial charge < -0.3 is 0 Å². The van der Waals surface area contributed by atoms with Gasteiger partial charge in [-0.1, -0.05) is 249 Å². The van der Waals surface area contributed by atoms with Crippen molar-refractivity contribution in [1.82, 2.24) is 0 Å². The van der Waals surface area contributed by atoms with Gasteiger partial charge >= 0.3 is 23.9 Å². The zero-order valence-corrected chi connectivity index (χ0v) is 42.9. The van der Waals surface area contributed by atoms with Crippen LogP contribution in [-0.4, -0.2) is 23.9 Å². The number of carbonyl (C=O) groups excluding carboxylic acids is 4. The number of hydrogen-bond donors (Lipinski definition) is 0. The predicted molar refractivity (Wildman–Crippen MR) is 259 cm³/mol. The SMILES string of the molecule is CC(CC(=O)OOC(=O)CC(C)CC(C)(C)C)CC(C)(C)C.CCCCCCCCCCCCCCCCCC(=O)OOC(=O)CCCCCCCCCCCCCCCCC. The third-order valence-corrected chi connectivity index (χ3v) is 11.4. The molecule has 0 aliphatic heterocycles. The number of unbranched alkanes of at least 4 members (excludes halogenated alkanes) is 28. The van der Waals surface area contributed by atoms with Gasteiger partial charge in [-0.05, 0) is 48.3 Å².